The largest absolute Gasteiger partial charge is 0.508 e. The van der Waals surface area contributed by atoms with E-state index in [-0.39, 0.29) is 11.3 Å². The number of aromatic carboxylic acids is 1. The highest BCUT2D eigenvalue weighted by molar-refractivity contribution is 6.02. The minimum absolute atomic E-state index is 0.154. The van der Waals surface area contributed by atoms with Crippen molar-refractivity contribution in [1.29, 1.82) is 0 Å². The maximum atomic E-state index is 11.2. The number of aliphatic imine (C=N–C) groups is 1. The molecule has 0 atom stereocenters. The Kier molecular flexibility index (Phi) is 3.58. The van der Waals surface area contributed by atoms with Gasteiger partial charge in [-0.3, -0.25) is 4.99 Å². The van der Waals surface area contributed by atoms with Crippen LogP contribution in [0.2, 0.25) is 0 Å². The van der Waals surface area contributed by atoms with Gasteiger partial charge in [0.25, 0.3) is 0 Å². The third-order valence-electron chi connectivity index (χ3n) is 3.38. The number of hydrogen-bond acceptors (Lipinski definition) is 3. The van der Waals surface area contributed by atoms with Crippen molar-refractivity contribution in [3.63, 3.8) is 0 Å². The first-order valence-corrected chi connectivity index (χ1v) is 6.73. The Balaban J connectivity index is 2.07. The summed E-state index contributed by atoms with van der Waals surface area (Å²) in [5.74, 6) is -0.831. The Morgan fingerprint density at radius 3 is 2.64 bits per heavy atom. The molecule has 0 aliphatic rings. The standard InChI is InChI=1S/C18H13NO3/c20-14-9-8-12-4-3-5-13(16(12)10-14)11-19-17-7-2-1-6-15(17)18(21)22/h1-11,20H,(H,21,22). The molecule has 3 rings (SSSR count). The minimum atomic E-state index is -1.01. The molecule has 0 bridgehead atoms. The molecular formula is C18H13NO3. The van der Waals surface area contributed by atoms with Gasteiger partial charge in [-0.1, -0.05) is 36.4 Å². The van der Waals surface area contributed by atoms with Gasteiger partial charge in [0.05, 0.1) is 11.3 Å². The summed E-state index contributed by atoms with van der Waals surface area (Å²) < 4.78 is 0. The molecule has 108 valence electrons. The molecule has 22 heavy (non-hydrogen) atoms. The lowest BCUT2D eigenvalue weighted by molar-refractivity contribution is 0.0698. The molecule has 4 heteroatoms. The van der Waals surface area contributed by atoms with Crippen LogP contribution in [0.5, 0.6) is 5.75 Å². The lowest BCUT2D eigenvalue weighted by atomic mass is 10.0. The highest BCUT2D eigenvalue weighted by Gasteiger charge is 2.07. The maximum absolute atomic E-state index is 11.2. The van der Waals surface area contributed by atoms with E-state index in [9.17, 15) is 9.90 Å². The highest BCUT2D eigenvalue weighted by Crippen LogP contribution is 2.24. The number of benzene rings is 3. The second-order valence-corrected chi connectivity index (χ2v) is 4.83. The fraction of sp³-hybridized carbons (Fsp3) is 0. The third-order valence-corrected chi connectivity index (χ3v) is 3.38. The molecule has 0 heterocycles. The number of fused-ring (bicyclic) bond motifs is 1. The summed E-state index contributed by atoms with van der Waals surface area (Å²) >= 11 is 0. The quantitative estimate of drug-likeness (QED) is 0.717. The van der Waals surface area contributed by atoms with Crippen LogP contribution in [-0.4, -0.2) is 22.4 Å². The molecule has 0 saturated heterocycles. The molecule has 2 N–H and O–H groups in total. The molecule has 3 aromatic carbocycles. The van der Waals surface area contributed by atoms with Crippen molar-refractivity contribution >= 4 is 28.6 Å². The Labute approximate surface area is 127 Å². The number of phenols is 1. The van der Waals surface area contributed by atoms with Gasteiger partial charge in [0.15, 0.2) is 0 Å². The zero-order valence-corrected chi connectivity index (χ0v) is 11.6. The summed E-state index contributed by atoms with van der Waals surface area (Å²) in [5.41, 5.74) is 1.36. The molecule has 0 amide bonds. The second-order valence-electron chi connectivity index (χ2n) is 4.83. The van der Waals surface area contributed by atoms with Crippen molar-refractivity contribution in [2.75, 3.05) is 0 Å². The third kappa shape index (κ3) is 2.67. The summed E-state index contributed by atoms with van der Waals surface area (Å²) in [5, 5.41) is 20.6. The first-order chi connectivity index (χ1) is 10.6. The summed E-state index contributed by atoms with van der Waals surface area (Å²) in [7, 11) is 0. The number of hydrogen-bond donors (Lipinski definition) is 2. The lowest BCUT2D eigenvalue weighted by Crippen LogP contribution is -1.96. The van der Waals surface area contributed by atoms with E-state index in [4.69, 9.17) is 5.11 Å². The van der Waals surface area contributed by atoms with Crippen LogP contribution in [0.4, 0.5) is 5.69 Å². The van der Waals surface area contributed by atoms with Crippen molar-refractivity contribution in [2.45, 2.75) is 0 Å². The average Bonchev–Trinajstić information content (AvgIpc) is 2.53. The van der Waals surface area contributed by atoms with Gasteiger partial charge in [0, 0.05) is 11.8 Å². The molecule has 0 saturated carbocycles. The fourth-order valence-corrected chi connectivity index (χ4v) is 2.30. The Morgan fingerprint density at radius 1 is 1.00 bits per heavy atom. The molecule has 0 unspecified atom stereocenters. The Morgan fingerprint density at radius 2 is 1.82 bits per heavy atom. The number of rotatable bonds is 3. The second kappa shape index (κ2) is 5.69. The van der Waals surface area contributed by atoms with Crippen molar-refractivity contribution in [3.05, 3.63) is 71.8 Å². The van der Waals surface area contributed by atoms with E-state index < -0.39 is 5.97 Å². The van der Waals surface area contributed by atoms with E-state index >= 15 is 0 Å². The van der Waals surface area contributed by atoms with Gasteiger partial charge in [-0.15, -0.1) is 0 Å². The van der Waals surface area contributed by atoms with E-state index in [0.717, 1.165) is 16.3 Å². The first-order valence-electron chi connectivity index (χ1n) is 6.73. The van der Waals surface area contributed by atoms with Gasteiger partial charge in [-0.05, 0) is 35.0 Å². The zero-order valence-electron chi connectivity index (χ0n) is 11.6. The van der Waals surface area contributed by atoms with Crippen LogP contribution < -0.4 is 0 Å². The minimum Gasteiger partial charge on any atom is -0.508 e. The summed E-state index contributed by atoms with van der Waals surface area (Å²) in [4.78, 5) is 15.5. The fourth-order valence-electron chi connectivity index (χ4n) is 2.30. The molecule has 3 aromatic rings. The monoisotopic (exact) mass is 291 g/mol. The zero-order chi connectivity index (χ0) is 15.5. The molecule has 0 spiro atoms. The van der Waals surface area contributed by atoms with E-state index in [1.807, 2.05) is 24.3 Å². The SMILES string of the molecule is O=C(O)c1ccccc1N=Cc1cccc2ccc(O)cc12. The molecular weight excluding hydrogens is 278 g/mol. The van der Waals surface area contributed by atoms with Crippen LogP contribution in [0.1, 0.15) is 15.9 Å². The van der Waals surface area contributed by atoms with Gasteiger partial charge >= 0.3 is 5.97 Å². The van der Waals surface area contributed by atoms with Crippen LogP contribution in [0.15, 0.2) is 65.7 Å². The molecule has 0 aliphatic heterocycles. The number of aromatic hydroxyl groups is 1. The number of nitrogens with zero attached hydrogens (tertiary/aromatic N) is 1. The molecule has 0 radical (unpaired) electrons. The van der Waals surface area contributed by atoms with Gasteiger partial charge < -0.3 is 10.2 Å². The number of carboxylic acids is 1. The van der Waals surface area contributed by atoms with Crippen LogP contribution in [-0.2, 0) is 0 Å². The van der Waals surface area contributed by atoms with E-state index in [2.05, 4.69) is 4.99 Å². The van der Waals surface area contributed by atoms with Crippen LogP contribution in [0.3, 0.4) is 0 Å². The van der Waals surface area contributed by atoms with Crippen molar-refractivity contribution < 1.29 is 15.0 Å². The lowest BCUT2D eigenvalue weighted by Gasteiger charge is -2.03. The number of carboxylic acid groups (broad SMARTS) is 1. The highest BCUT2D eigenvalue weighted by atomic mass is 16.4. The number of para-hydroxylation sites is 1. The first kappa shape index (κ1) is 13.8. The van der Waals surface area contributed by atoms with Crippen molar-refractivity contribution in [1.82, 2.24) is 0 Å². The van der Waals surface area contributed by atoms with E-state index in [0.29, 0.717) is 5.69 Å². The van der Waals surface area contributed by atoms with Crippen molar-refractivity contribution in [2.24, 2.45) is 4.99 Å². The average molecular weight is 291 g/mol. The van der Waals surface area contributed by atoms with Crippen LogP contribution >= 0.6 is 0 Å². The molecule has 0 aliphatic carbocycles. The predicted octanol–water partition coefficient (Wildman–Crippen LogP) is 3.99. The Hall–Kier alpha value is -3.14. The summed E-state index contributed by atoms with van der Waals surface area (Å²) in [6.07, 6.45) is 1.61. The van der Waals surface area contributed by atoms with Gasteiger partial charge in [-0.25, -0.2) is 4.79 Å². The topological polar surface area (TPSA) is 69.9 Å². The number of phenolic OH excluding ortho intramolecular Hbond substituents is 1. The van der Waals surface area contributed by atoms with Gasteiger partial charge in [-0.2, -0.15) is 0 Å². The smallest absolute Gasteiger partial charge is 0.337 e. The van der Waals surface area contributed by atoms with E-state index in [1.54, 1.807) is 36.5 Å². The molecule has 0 aromatic heterocycles. The van der Waals surface area contributed by atoms with Crippen LogP contribution in [0.25, 0.3) is 10.8 Å². The summed E-state index contributed by atoms with van der Waals surface area (Å²) in [6.45, 7) is 0. The number of carbonyl (C=O) groups is 1. The Bertz CT molecular complexity index is 884. The maximum Gasteiger partial charge on any atom is 0.337 e. The van der Waals surface area contributed by atoms with E-state index in [1.165, 1.54) is 6.07 Å². The predicted molar refractivity (Wildman–Crippen MR) is 86.3 cm³/mol. The normalized spacial score (nSPS) is 11.1. The molecule has 0 fully saturated rings. The van der Waals surface area contributed by atoms with Crippen LogP contribution in [0, 0.1) is 0 Å². The van der Waals surface area contributed by atoms with Gasteiger partial charge in [0.1, 0.15) is 5.75 Å². The molecule has 4 nitrogen and oxygen atoms in total. The summed E-state index contributed by atoms with van der Waals surface area (Å²) in [6, 6.07) is 17.4. The van der Waals surface area contributed by atoms with Gasteiger partial charge in [0.2, 0.25) is 0 Å². The van der Waals surface area contributed by atoms with Crippen molar-refractivity contribution in [3.8, 4) is 5.75 Å².